The first-order chi connectivity index (χ1) is 13.6. The summed E-state index contributed by atoms with van der Waals surface area (Å²) in [5, 5.41) is 6.74. The van der Waals surface area contributed by atoms with Crippen LogP contribution in [0.1, 0.15) is 24.3 Å². The molecular formula is C21H23N3O4. The van der Waals surface area contributed by atoms with Gasteiger partial charge in [0.15, 0.2) is 0 Å². The van der Waals surface area contributed by atoms with E-state index in [-0.39, 0.29) is 12.5 Å². The molecule has 146 valence electrons. The van der Waals surface area contributed by atoms with E-state index in [1.807, 2.05) is 55.5 Å². The number of amides is 1. The standard InChI is InChI=1S/C21H23N3O4/c1-15-5-3-6-16(13-15)21-23-20(28-24-21)14-22-19(25)7-4-12-27-18-10-8-17(26-2)9-11-18/h3,5-6,8-11,13H,4,7,12,14H2,1-2H3,(H,22,25). The van der Waals surface area contributed by atoms with Crippen LogP contribution in [0.5, 0.6) is 11.5 Å². The van der Waals surface area contributed by atoms with Gasteiger partial charge < -0.3 is 19.3 Å². The lowest BCUT2D eigenvalue weighted by Crippen LogP contribution is -2.23. The molecule has 7 heteroatoms. The summed E-state index contributed by atoms with van der Waals surface area (Å²) in [6.07, 6.45) is 0.964. The van der Waals surface area contributed by atoms with Crippen LogP contribution in [-0.4, -0.2) is 29.8 Å². The lowest BCUT2D eigenvalue weighted by molar-refractivity contribution is -0.121. The second kappa shape index (κ2) is 9.55. The second-order valence-electron chi connectivity index (χ2n) is 6.29. The maximum Gasteiger partial charge on any atom is 0.246 e. The van der Waals surface area contributed by atoms with Crippen molar-refractivity contribution in [3.8, 4) is 22.9 Å². The van der Waals surface area contributed by atoms with Gasteiger partial charge in [0.1, 0.15) is 11.5 Å². The van der Waals surface area contributed by atoms with Crippen LogP contribution in [0.25, 0.3) is 11.4 Å². The van der Waals surface area contributed by atoms with Crippen LogP contribution in [0.3, 0.4) is 0 Å². The number of hydrogen-bond acceptors (Lipinski definition) is 6. The Morgan fingerprint density at radius 3 is 2.68 bits per heavy atom. The van der Waals surface area contributed by atoms with Crippen molar-refractivity contribution in [3.63, 3.8) is 0 Å². The number of aromatic nitrogens is 2. The van der Waals surface area contributed by atoms with E-state index in [9.17, 15) is 4.79 Å². The highest BCUT2D eigenvalue weighted by Gasteiger charge is 2.10. The predicted octanol–water partition coefficient (Wildman–Crippen LogP) is 3.53. The molecule has 1 N–H and O–H groups in total. The Hall–Kier alpha value is -3.35. The van der Waals surface area contributed by atoms with Gasteiger partial charge in [0.05, 0.1) is 20.3 Å². The predicted molar refractivity (Wildman–Crippen MR) is 104 cm³/mol. The minimum absolute atomic E-state index is 0.0892. The third kappa shape index (κ3) is 5.57. The molecule has 28 heavy (non-hydrogen) atoms. The monoisotopic (exact) mass is 381 g/mol. The van der Waals surface area contributed by atoms with Crippen molar-refractivity contribution in [2.24, 2.45) is 0 Å². The SMILES string of the molecule is COc1ccc(OCCCC(=O)NCc2nc(-c3cccc(C)c3)no2)cc1. The Balaban J connectivity index is 1.37. The fraction of sp³-hybridized carbons (Fsp3) is 0.286. The van der Waals surface area contributed by atoms with E-state index in [2.05, 4.69) is 15.5 Å². The van der Waals surface area contributed by atoms with Crippen molar-refractivity contribution >= 4 is 5.91 Å². The van der Waals surface area contributed by atoms with Gasteiger partial charge in [-0.3, -0.25) is 4.79 Å². The van der Waals surface area contributed by atoms with Crippen molar-refractivity contribution in [2.45, 2.75) is 26.3 Å². The van der Waals surface area contributed by atoms with Crippen LogP contribution in [0.2, 0.25) is 0 Å². The Morgan fingerprint density at radius 1 is 1.14 bits per heavy atom. The Labute approximate surface area is 163 Å². The molecule has 1 heterocycles. The van der Waals surface area contributed by atoms with Gasteiger partial charge >= 0.3 is 0 Å². The molecule has 0 bridgehead atoms. The Bertz CT molecular complexity index is 906. The number of hydrogen-bond donors (Lipinski definition) is 1. The fourth-order valence-corrected chi connectivity index (χ4v) is 2.59. The van der Waals surface area contributed by atoms with E-state index >= 15 is 0 Å². The summed E-state index contributed by atoms with van der Waals surface area (Å²) in [6.45, 7) is 2.66. The van der Waals surface area contributed by atoms with Crippen LogP contribution in [0, 0.1) is 6.92 Å². The number of carbonyl (C=O) groups is 1. The molecule has 0 fully saturated rings. The van der Waals surface area contributed by atoms with Crippen LogP contribution in [0.15, 0.2) is 53.1 Å². The molecule has 7 nitrogen and oxygen atoms in total. The molecule has 3 aromatic rings. The highest BCUT2D eigenvalue weighted by Crippen LogP contribution is 2.18. The number of carbonyl (C=O) groups excluding carboxylic acids is 1. The maximum atomic E-state index is 12.0. The van der Waals surface area contributed by atoms with Crippen molar-refractivity contribution in [1.82, 2.24) is 15.5 Å². The molecule has 2 aromatic carbocycles. The number of aryl methyl sites for hydroxylation is 1. The maximum absolute atomic E-state index is 12.0. The highest BCUT2D eigenvalue weighted by molar-refractivity contribution is 5.75. The quantitative estimate of drug-likeness (QED) is 0.571. The largest absolute Gasteiger partial charge is 0.497 e. The number of benzene rings is 2. The van der Waals surface area contributed by atoms with E-state index in [0.717, 1.165) is 22.6 Å². The Morgan fingerprint density at radius 2 is 1.93 bits per heavy atom. The van der Waals surface area contributed by atoms with Gasteiger partial charge in [-0.05, 0) is 43.7 Å². The molecule has 0 spiro atoms. The summed E-state index contributed by atoms with van der Waals surface area (Å²) in [4.78, 5) is 16.3. The first-order valence-corrected chi connectivity index (χ1v) is 9.07. The molecule has 0 saturated heterocycles. The minimum Gasteiger partial charge on any atom is -0.497 e. The third-order valence-electron chi connectivity index (χ3n) is 4.06. The van der Waals surface area contributed by atoms with Crippen molar-refractivity contribution in [1.29, 1.82) is 0 Å². The van der Waals surface area contributed by atoms with Gasteiger partial charge in [-0.15, -0.1) is 0 Å². The number of rotatable bonds is 9. The van der Waals surface area contributed by atoms with Crippen LogP contribution < -0.4 is 14.8 Å². The molecule has 0 radical (unpaired) electrons. The second-order valence-corrected chi connectivity index (χ2v) is 6.29. The van der Waals surface area contributed by atoms with E-state index in [0.29, 0.717) is 31.2 Å². The zero-order valence-electron chi connectivity index (χ0n) is 16.0. The first kappa shape index (κ1) is 19.4. The number of methoxy groups -OCH3 is 1. The molecule has 0 aliphatic rings. The molecule has 0 aliphatic carbocycles. The Kier molecular flexibility index (Phi) is 6.62. The van der Waals surface area contributed by atoms with E-state index < -0.39 is 0 Å². The summed E-state index contributed by atoms with van der Waals surface area (Å²) in [6, 6.07) is 15.2. The smallest absolute Gasteiger partial charge is 0.246 e. The van der Waals surface area contributed by atoms with Gasteiger partial charge in [0.25, 0.3) is 0 Å². The van der Waals surface area contributed by atoms with E-state index in [1.165, 1.54) is 0 Å². The molecule has 0 atom stereocenters. The van der Waals surface area contributed by atoms with Gasteiger partial charge in [-0.1, -0.05) is 28.9 Å². The van der Waals surface area contributed by atoms with Crippen LogP contribution in [-0.2, 0) is 11.3 Å². The van der Waals surface area contributed by atoms with Crippen molar-refractivity contribution in [3.05, 3.63) is 60.0 Å². The molecular weight excluding hydrogens is 358 g/mol. The summed E-state index contributed by atoms with van der Waals surface area (Å²) in [7, 11) is 1.62. The lowest BCUT2D eigenvalue weighted by Gasteiger charge is -2.07. The lowest BCUT2D eigenvalue weighted by atomic mass is 10.1. The molecule has 3 rings (SSSR count). The zero-order valence-corrected chi connectivity index (χ0v) is 16.0. The summed E-state index contributed by atoms with van der Waals surface area (Å²) >= 11 is 0. The van der Waals surface area contributed by atoms with Gasteiger partial charge in [0, 0.05) is 12.0 Å². The van der Waals surface area contributed by atoms with Crippen molar-refractivity contribution in [2.75, 3.05) is 13.7 Å². The fourth-order valence-electron chi connectivity index (χ4n) is 2.59. The van der Waals surface area contributed by atoms with Crippen LogP contribution >= 0.6 is 0 Å². The first-order valence-electron chi connectivity index (χ1n) is 9.07. The number of nitrogens with zero attached hydrogens (tertiary/aromatic N) is 2. The third-order valence-corrected chi connectivity index (χ3v) is 4.06. The average molecular weight is 381 g/mol. The molecule has 0 aliphatic heterocycles. The zero-order chi connectivity index (χ0) is 19.8. The number of nitrogens with one attached hydrogen (secondary N) is 1. The van der Waals surface area contributed by atoms with E-state index in [1.54, 1.807) is 7.11 Å². The normalized spacial score (nSPS) is 10.5. The molecule has 0 unspecified atom stereocenters. The van der Waals surface area contributed by atoms with Gasteiger partial charge in [-0.2, -0.15) is 4.98 Å². The van der Waals surface area contributed by atoms with Gasteiger partial charge in [-0.25, -0.2) is 0 Å². The topological polar surface area (TPSA) is 86.5 Å². The average Bonchev–Trinajstić information content (AvgIpc) is 3.19. The van der Waals surface area contributed by atoms with Crippen LogP contribution in [0.4, 0.5) is 0 Å². The van der Waals surface area contributed by atoms with E-state index in [4.69, 9.17) is 14.0 Å². The van der Waals surface area contributed by atoms with Gasteiger partial charge in [0.2, 0.25) is 17.6 Å². The van der Waals surface area contributed by atoms with Crippen molar-refractivity contribution < 1.29 is 18.8 Å². The number of ether oxygens (including phenoxy) is 2. The molecule has 1 amide bonds. The summed E-state index contributed by atoms with van der Waals surface area (Å²) < 4.78 is 15.9. The summed E-state index contributed by atoms with van der Waals surface area (Å²) in [5.41, 5.74) is 2.01. The highest BCUT2D eigenvalue weighted by atomic mass is 16.5. The summed E-state index contributed by atoms with van der Waals surface area (Å²) in [5.74, 6) is 2.32. The molecule has 0 saturated carbocycles. The molecule has 1 aromatic heterocycles. The minimum atomic E-state index is -0.0892.